The molecule has 0 bridgehead atoms. The molecule has 1 saturated carbocycles. The second-order valence-electron chi connectivity index (χ2n) is 5.14. The standard InChI is InChI=1S/C13H22N2O3/c1-4-7-15(10-5-6-10)13(18)14-11(12(16)17)8-9(2)3/h4,9-11H,1,5-8H2,2-3H3,(H,14,18)(H,16,17)/t11-/m0/s1. The number of hydrogen-bond acceptors (Lipinski definition) is 2. The van der Waals surface area contributed by atoms with Crippen molar-refractivity contribution >= 4 is 12.0 Å². The third kappa shape index (κ3) is 4.39. The fourth-order valence-electron chi connectivity index (χ4n) is 1.85. The summed E-state index contributed by atoms with van der Waals surface area (Å²) in [5, 5.41) is 11.7. The van der Waals surface area contributed by atoms with Crippen LogP contribution in [0.2, 0.25) is 0 Å². The predicted molar refractivity (Wildman–Crippen MR) is 69.3 cm³/mol. The number of nitrogens with one attached hydrogen (secondary N) is 1. The molecule has 1 atom stereocenters. The number of urea groups is 1. The second-order valence-corrected chi connectivity index (χ2v) is 5.14. The molecule has 1 aliphatic carbocycles. The highest BCUT2D eigenvalue weighted by Crippen LogP contribution is 2.26. The van der Waals surface area contributed by atoms with Gasteiger partial charge in [-0.3, -0.25) is 0 Å². The smallest absolute Gasteiger partial charge is 0.326 e. The SMILES string of the molecule is C=CCN(C(=O)N[C@@H](CC(C)C)C(=O)O)C1CC1. The molecule has 0 spiro atoms. The van der Waals surface area contributed by atoms with Crippen LogP contribution in [0.3, 0.4) is 0 Å². The van der Waals surface area contributed by atoms with Crippen molar-refractivity contribution in [1.82, 2.24) is 10.2 Å². The number of hydrogen-bond donors (Lipinski definition) is 2. The third-order valence-corrected chi connectivity index (χ3v) is 2.88. The molecule has 0 aliphatic heterocycles. The summed E-state index contributed by atoms with van der Waals surface area (Å²) in [5.41, 5.74) is 0. The van der Waals surface area contributed by atoms with E-state index in [2.05, 4.69) is 11.9 Å². The van der Waals surface area contributed by atoms with E-state index >= 15 is 0 Å². The summed E-state index contributed by atoms with van der Waals surface area (Å²) >= 11 is 0. The Hall–Kier alpha value is -1.52. The average molecular weight is 254 g/mol. The third-order valence-electron chi connectivity index (χ3n) is 2.88. The average Bonchev–Trinajstić information content (AvgIpc) is 3.07. The molecule has 102 valence electrons. The van der Waals surface area contributed by atoms with Crippen LogP contribution in [0.5, 0.6) is 0 Å². The van der Waals surface area contributed by atoms with E-state index < -0.39 is 12.0 Å². The molecule has 5 nitrogen and oxygen atoms in total. The molecule has 0 heterocycles. The van der Waals surface area contributed by atoms with Crippen LogP contribution in [0.4, 0.5) is 4.79 Å². The van der Waals surface area contributed by atoms with Crippen molar-refractivity contribution in [2.75, 3.05) is 6.54 Å². The van der Waals surface area contributed by atoms with Crippen LogP contribution in [0, 0.1) is 5.92 Å². The lowest BCUT2D eigenvalue weighted by molar-refractivity contribution is -0.139. The number of amides is 2. The molecule has 1 fully saturated rings. The van der Waals surface area contributed by atoms with Gasteiger partial charge in [0.05, 0.1) is 0 Å². The van der Waals surface area contributed by atoms with Crippen molar-refractivity contribution in [3.63, 3.8) is 0 Å². The van der Waals surface area contributed by atoms with Crippen LogP contribution < -0.4 is 5.32 Å². The zero-order valence-corrected chi connectivity index (χ0v) is 11.1. The fraction of sp³-hybridized carbons (Fsp3) is 0.692. The number of nitrogens with zero attached hydrogens (tertiary/aromatic N) is 1. The van der Waals surface area contributed by atoms with Crippen molar-refractivity contribution in [2.45, 2.75) is 45.2 Å². The molecule has 0 aromatic rings. The van der Waals surface area contributed by atoms with E-state index in [9.17, 15) is 9.59 Å². The first kappa shape index (κ1) is 14.5. The molecule has 18 heavy (non-hydrogen) atoms. The number of carboxylic acid groups (broad SMARTS) is 1. The van der Waals surface area contributed by atoms with Gasteiger partial charge in [-0.15, -0.1) is 6.58 Å². The molecular weight excluding hydrogens is 232 g/mol. The van der Waals surface area contributed by atoms with Gasteiger partial charge in [0, 0.05) is 12.6 Å². The van der Waals surface area contributed by atoms with E-state index in [-0.39, 0.29) is 18.0 Å². The minimum atomic E-state index is -0.980. The van der Waals surface area contributed by atoms with Gasteiger partial charge in [-0.2, -0.15) is 0 Å². The minimum absolute atomic E-state index is 0.222. The fourth-order valence-corrected chi connectivity index (χ4v) is 1.85. The quantitative estimate of drug-likeness (QED) is 0.681. The van der Waals surface area contributed by atoms with Crippen molar-refractivity contribution in [2.24, 2.45) is 5.92 Å². The molecular formula is C13H22N2O3. The number of carbonyl (C=O) groups is 2. The summed E-state index contributed by atoms with van der Waals surface area (Å²) < 4.78 is 0. The van der Waals surface area contributed by atoms with Gasteiger partial charge in [0.2, 0.25) is 0 Å². The van der Waals surface area contributed by atoms with E-state index in [0.717, 1.165) is 12.8 Å². The van der Waals surface area contributed by atoms with Crippen molar-refractivity contribution in [3.8, 4) is 0 Å². The Morgan fingerprint density at radius 3 is 2.50 bits per heavy atom. The zero-order valence-electron chi connectivity index (χ0n) is 11.1. The summed E-state index contributed by atoms with van der Waals surface area (Å²) in [6.07, 6.45) is 4.08. The van der Waals surface area contributed by atoms with Crippen LogP contribution >= 0.6 is 0 Å². The van der Waals surface area contributed by atoms with Crippen LogP contribution in [0.25, 0.3) is 0 Å². The Labute approximate surface area is 108 Å². The number of carbonyl (C=O) groups excluding carboxylic acids is 1. The molecule has 1 rings (SSSR count). The Kier molecular flexibility index (Phi) is 5.19. The van der Waals surface area contributed by atoms with Crippen molar-refractivity contribution in [3.05, 3.63) is 12.7 Å². The number of carboxylic acids is 1. The van der Waals surface area contributed by atoms with Crippen LogP contribution in [-0.4, -0.2) is 40.6 Å². The van der Waals surface area contributed by atoms with Crippen molar-refractivity contribution in [1.29, 1.82) is 0 Å². The molecule has 0 unspecified atom stereocenters. The highest BCUT2D eigenvalue weighted by atomic mass is 16.4. The summed E-state index contributed by atoms with van der Waals surface area (Å²) in [6, 6.07) is -0.870. The highest BCUT2D eigenvalue weighted by molar-refractivity contribution is 5.83. The summed E-state index contributed by atoms with van der Waals surface area (Å²) in [5.74, 6) is -0.758. The van der Waals surface area contributed by atoms with E-state index in [4.69, 9.17) is 5.11 Å². The molecule has 0 saturated heterocycles. The predicted octanol–water partition coefficient (Wildman–Crippen LogP) is 1.85. The normalized spacial score (nSPS) is 16.2. The monoisotopic (exact) mass is 254 g/mol. The molecule has 0 aromatic heterocycles. The molecule has 0 aromatic carbocycles. The second kappa shape index (κ2) is 6.42. The van der Waals surface area contributed by atoms with Gasteiger partial charge in [-0.05, 0) is 25.2 Å². The maximum absolute atomic E-state index is 12.0. The van der Waals surface area contributed by atoms with E-state index in [0.29, 0.717) is 13.0 Å². The van der Waals surface area contributed by atoms with E-state index in [1.54, 1.807) is 11.0 Å². The Bertz CT molecular complexity index is 324. The summed E-state index contributed by atoms with van der Waals surface area (Å²) in [6.45, 7) is 7.95. The van der Waals surface area contributed by atoms with Gasteiger partial charge in [0.1, 0.15) is 6.04 Å². The molecule has 2 amide bonds. The lowest BCUT2D eigenvalue weighted by Crippen LogP contribution is -2.49. The molecule has 2 N–H and O–H groups in total. The van der Waals surface area contributed by atoms with Crippen molar-refractivity contribution < 1.29 is 14.7 Å². The van der Waals surface area contributed by atoms with Gasteiger partial charge in [0.25, 0.3) is 0 Å². The van der Waals surface area contributed by atoms with E-state index in [1.807, 2.05) is 13.8 Å². The van der Waals surface area contributed by atoms with Gasteiger partial charge in [0.15, 0.2) is 0 Å². The van der Waals surface area contributed by atoms with Crippen LogP contribution in [0.15, 0.2) is 12.7 Å². The maximum atomic E-state index is 12.0. The minimum Gasteiger partial charge on any atom is -0.480 e. The van der Waals surface area contributed by atoms with E-state index in [1.165, 1.54) is 0 Å². The number of rotatable bonds is 7. The Balaban J connectivity index is 2.58. The van der Waals surface area contributed by atoms with Gasteiger partial charge in [-0.1, -0.05) is 19.9 Å². The molecule has 0 radical (unpaired) electrons. The summed E-state index contributed by atoms with van der Waals surface area (Å²) in [7, 11) is 0. The Morgan fingerprint density at radius 2 is 2.11 bits per heavy atom. The summed E-state index contributed by atoms with van der Waals surface area (Å²) in [4.78, 5) is 24.8. The van der Waals surface area contributed by atoms with Gasteiger partial charge >= 0.3 is 12.0 Å². The lowest BCUT2D eigenvalue weighted by Gasteiger charge is -2.24. The first-order valence-electron chi connectivity index (χ1n) is 6.36. The first-order valence-corrected chi connectivity index (χ1v) is 6.36. The topological polar surface area (TPSA) is 69.6 Å². The zero-order chi connectivity index (χ0) is 13.7. The lowest BCUT2D eigenvalue weighted by atomic mass is 10.0. The maximum Gasteiger partial charge on any atom is 0.326 e. The molecule has 5 heteroatoms. The first-order chi connectivity index (χ1) is 8.45. The Morgan fingerprint density at radius 1 is 1.50 bits per heavy atom. The largest absolute Gasteiger partial charge is 0.480 e. The molecule has 1 aliphatic rings. The van der Waals surface area contributed by atoms with Crippen LogP contribution in [-0.2, 0) is 4.79 Å². The van der Waals surface area contributed by atoms with Crippen LogP contribution in [0.1, 0.15) is 33.1 Å². The number of aliphatic carboxylic acids is 1. The highest BCUT2D eigenvalue weighted by Gasteiger charge is 2.33. The van der Waals surface area contributed by atoms with Gasteiger partial charge < -0.3 is 15.3 Å². The van der Waals surface area contributed by atoms with Gasteiger partial charge in [-0.25, -0.2) is 9.59 Å².